The Morgan fingerprint density at radius 1 is 1.31 bits per heavy atom. The topological polar surface area (TPSA) is 71.4 Å². The Morgan fingerprint density at radius 2 is 2.12 bits per heavy atom. The molecule has 3 rings (SSSR count). The number of para-hydroxylation sites is 1. The molecule has 0 bridgehead atoms. The SMILES string of the molecule is CC(CC#N)Sc1ccccc1NC(=O)/C=C/c1ccc2c(c1)OCO2. The van der Waals surface area contributed by atoms with Crippen LogP contribution in [0.3, 0.4) is 0 Å². The summed E-state index contributed by atoms with van der Waals surface area (Å²) in [5.74, 6) is 1.17. The lowest BCUT2D eigenvalue weighted by Gasteiger charge is -2.12. The van der Waals surface area contributed by atoms with Crippen LogP contribution < -0.4 is 14.8 Å². The average Bonchev–Trinajstić information content (AvgIpc) is 3.09. The van der Waals surface area contributed by atoms with Gasteiger partial charge in [0.2, 0.25) is 12.7 Å². The minimum Gasteiger partial charge on any atom is -0.454 e. The van der Waals surface area contributed by atoms with E-state index in [1.807, 2.05) is 49.4 Å². The molecular weight excluding hydrogens is 348 g/mol. The molecule has 2 aromatic carbocycles. The molecule has 1 unspecified atom stereocenters. The highest BCUT2D eigenvalue weighted by molar-refractivity contribution is 8.00. The summed E-state index contributed by atoms with van der Waals surface area (Å²) in [4.78, 5) is 13.2. The lowest BCUT2D eigenvalue weighted by atomic mass is 10.2. The van der Waals surface area contributed by atoms with Crippen molar-refractivity contribution in [3.63, 3.8) is 0 Å². The van der Waals surface area contributed by atoms with Gasteiger partial charge < -0.3 is 14.8 Å². The fraction of sp³-hybridized carbons (Fsp3) is 0.200. The summed E-state index contributed by atoms with van der Waals surface area (Å²) in [7, 11) is 0. The van der Waals surface area contributed by atoms with Crippen molar-refractivity contribution in [3.05, 3.63) is 54.1 Å². The smallest absolute Gasteiger partial charge is 0.248 e. The summed E-state index contributed by atoms with van der Waals surface area (Å²) in [6.07, 6.45) is 3.67. The van der Waals surface area contributed by atoms with Crippen LogP contribution in [0.4, 0.5) is 5.69 Å². The molecule has 6 heteroatoms. The summed E-state index contributed by atoms with van der Waals surface area (Å²) in [5, 5.41) is 11.9. The number of nitriles is 1. The van der Waals surface area contributed by atoms with Gasteiger partial charge in [-0.15, -0.1) is 11.8 Å². The zero-order valence-corrected chi connectivity index (χ0v) is 15.1. The fourth-order valence-corrected chi connectivity index (χ4v) is 3.42. The van der Waals surface area contributed by atoms with Crippen LogP contribution in [0.1, 0.15) is 18.9 Å². The van der Waals surface area contributed by atoms with E-state index in [9.17, 15) is 4.79 Å². The number of nitrogens with zero attached hydrogens (tertiary/aromatic N) is 1. The number of carbonyl (C=O) groups is 1. The second-order valence-electron chi connectivity index (χ2n) is 5.72. The van der Waals surface area contributed by atoms with Gasteiger partial charge in [-0.3, -0.25) is 4.79 Å². The maximum Gasteiger partial charge on any atom is 0.248 e. The minimum atomic E-state index is -0.219. The first kappa shape index (κ1) is 17.9. The van der Waals surface area contributed by atoms with Crippen LogP contribution in [0.25, 0.3) is 6.08 Å². The molecule has 0 saturated carbocycles. The molecule has 0 aromatic heterocycles. The van der Waals surface area contributed by atoms with E-state index in [1.165, 1.54) is 6.08 Å². The lowest BCUT2D eigenvalue weighted by Crippen LogP contribution is -2.09. The molecule has 1 N–H and O–H groups in total. The van der Waals surface area contributed by atoms with Crippen molar-refractivity contribution in [2.45, 2.75) is 23.5 Å². The summed E-state index contributed by atoms with van der Waals surface area (Å²) < 4.78 is 10.6. The second-order valence-corrected chi connectivity index (χ2v) is 7.20. The highest BCUT2D eigenvalue weighted by Gasteiger charge is 2.13. The van der Waals surface area contributed by atoms with Crippen molar-refractivity contribution in [3.8, 4) is 17.6 Å². The summed E-state index contributed by atoms with van der Waals surface area (Å²) in [5.41, 5.74) is 1.59. The number of fused-ring (bicyclic) bond motifs is 1. The number of thioether (sulfide) groups is 1. The normalized spacial score (nSPS) is 13.4. The van der Waals surface area contributed by atoms with Crippen molar-refractivity contribution in [1.29, 1.82) is 5.26 Å². The highest BCUT2D eigenvalue weighted by Crippen LogP contribution is 2.33. The third-order valence-corrected chi connectivity index (χ3v) is 4.85. The van der Waals surface area contributed by atoms with Gasteiger partial charge in [0.25, 0.3) is 0 Å². The molecule has 1 aliphatic heterocycles. The van der Waals surface area contributed by atoms with Gasteiger partial charge in [-0.2, -0.15) is 5.26 Å². The Labute approximate surface area is 156 Å². The van der Waals surface area contributed by atoms with Crippen LogP contribution in [-0.2, 0) is 4.79 Å². The van der Waals surface area contributed by atoms with Gasteiger partial charge in [-0.05, 0) is 35.9 Å². The molecule has 0 spiro atoms. The Kier molecular flexibility index (Phi) is 5.82. The van der Waals surface area contributed by atoms with E-state index in [4.69, 9.17) is 14.7 Å². The maximum atomic E-state index is 12.3. The third-order valence-electron chi connectivity index (χ3n) is 3.68. The summed E-state index contributed by atoms with van der Waals surface area (Å²) >= 11 is 1.57. The summed E-state index contributed by atoms with van der Waals surface area (Å²) in [6.45, 7) is 2.22. The molecule has 0 fully saturated rings. The molecule has 1 atom stereocenters. The molecule has 2 aromatic rings. The Bertz CT molecular complexity index is 874. The van der Waals surface area contributed by atoms with Crippen LogP contribution in [0.2, 0.25) is 0 Å². The van der Waals surface area contributed by atoms with Gasteiger partial charge >= 0.3 is 0 Å². The van der Waals surface area contributed by atoms with E-state index < -0.39 is 0 Å². The number of carbonyl (C=O) groups excluding carboxylic acids is 1. The zero-order valence-electron chi connectivity index (χ0n) is 14.3. The number of rotatable bonds is 6. The number of anilines is 1. The number of benzene rings is 2. The van der Waals surface area contributed by atoms with E-state index in [0.717, 1.165) is 16.1 Å². The fourth-order valence-electron chi connectivity index (χ4n) is 2.42. The van der Waals surface area contributed by atoms with Crippen LogP contribution in [0, 0.1) is 11.3 Å². The van der Waals surface area contributed by atoms with Gasteiger partial charge in [0, 0.05) is 22.6 Å². The predicted molar refractivity (Wildman–Crippen MR) is 102 cm³/mol. The molecule has 5 nitrogen and oxygen atoms in total. The highest BCUT2D eigenvalue weighted by atomic mass is 32.2. The number of amides is 1. The quantitative estimate of drug-likeness (QED) is 0.604. The molecule has 26 heavy (non-hydrogen) atoms. The Hall–Kier alpha value is -2.91. The van der Waals surface area contributed by atoms with Gasteiger partial charge in [0.15, 0.2) is 11.5 Å². The Balaban J connectivity index is 1.66. The van der Waals surface area contributed by atoms with Crippen LogP contribution >= 0.6 is 11.8 Å². The first-order valence-electron chi connectivity index (χ1n) is 8.17. The zero-order chi connectivity index (χ0) is 18.4. The predicted octanol–water partition coefficient (Wildman–Crippen LogP) is 4.46. The monoisotopic (exact) mass is 366 g/mol. The van der Waals surface area contributed by atoms with E-state index in [2.05, 4.69) is 11.4 Å². The molecule has 0 radical (unpaired) electrons. The molecule has 1 heterocycles. The number of ether oxygens (including phenoxy) is 2. The molecule has 132 valence electrons. The number of hydrogen-bond acceptors (Lipinski definition) is 5. The molecule has 0 aliphatic carbocycles. The van der Waals surface area contributed by atoms with Crippen molar-refractivity contribution in [2.75, 3.05) is 12.1 Å². The van der Waals surface area contributed by atoms with Gasteiger partial charge in [0.05, 0.1) is 11.8 Å². The van der Waals surface area contributed by atoms with E-state index in [0.29, 0.717) is 17.9 Å². The minimum absolute atomic E-state index is 0.155. The van der Waals surface area contributed by atoms with Crippen LogP contribution in [0.5, 0.6) is 11.5 Å². The Morgan fingerprint density at radius 3 is 2.96 bits per heavy atom. The van der Waals surface area contributed by atoms with Crippen molar-refractivity contribution >= 4 is 29.4 Å². The average molecular weight is 366 g/mol. The second kappa shape index (κ2) is 8.45. The van der Waals surface area contributed by atoms with Crippen LogP contribution in [0.15, 0.2) is 53.4 Å². The molecular formula is C20H18N2O3S. The van der Waals surface area contributed by atoms with Gasteiger partial charge in [0.1, 0.15) is 0 Å². The van der Waals surface area contributed by atoms with Crippen molar-refractivity contribution in [1.82, 2.24) is 0 Å². The van der Waals surface area contributed by atoms with Crippen LogP contribution in [-0.4, -0.2) is 18.0 Å². The van der Waals surface area contributed by atoms with Gasteiger partial charge in [-0.1, -0.05) is 25.1 Å². The summed E-state index contributed by atoms with van der Waals surface area (Å²) in [6, 6.07) is 15.3. The van der Waals surface area contributed by atoms with E-state index in [-0.39, 0.29) is 18.0 Å². The molecule has 1 amide bonds. The van der Waals surface area contributed by atoms with Crippen molar-refractivity contribution < 1.29 is 14.3 Å². The van der Waals surface area contributed by atoms with E-state index in [1.54, 1.807) is 17.8 Å². The molecule has 0 saturated heterocycles. The first-order chi connectivity index (χ1) is 12.7. The van der Waals surface area contributed by atoms with E-state index >= 15 is 0 Å². The first-order valence-corrected chi connectivity index (χ1v) is 9.05. The standard InChI is InChI=1S/C20H18N2O3S/c1-14(10-11-21)26-19-5-3-2-4-16(19)22-20(23)9-7-15-6-8-17-18(12-15)25-13-24-17/h2-9,12,14H,10,13H2,1H3,(H,22,23)/b9-7+. The van der Waals surface area contributed by atoms with Gasteiger partial charge in [-0.25, -0.2) is 0 Å². The van der Waals surface area contributed by atoms with Crippen molar-refractivity contribution in [2.24, 2.45) is 0 Å². The number of hydrogen-bond donors (Lipinski definition) is 1. The number of nitrogens with one attached hydrogen (secondary N) is 1. The lowest BCUT2D eigenvalue weighted by molar-refractivity contribution is -0.111. The third kappa shape index (κ3) is 4.58. The molecule has 1 aliphatic rings. The maximum absolute atomic E-state index is 12.3. The largest absolute Gasteiger partial charge is 0.454 e.